The third kappa shape index (κ3) is 3.25. The minimum atomic E-state index is 0.544. The summed E-state index contributed by atoms with van der Waals surface area (Å²) in [6.45, 7) is 5.01. The highest BCUT2D eigenvalue weighted by atomic mass is 16.5. The summed E-state index contributed by atoms with van der Waals surface area (Å²) in [6, 6.07) is 10.1. The van der Waals surface area contributed by atoms with Gasteiger partial charge in [0.2, 0.25) is 0 Å². The van der Waals surface area contributed by atoms with Crippen LogP contribution in [0.3, 0.4) is 0 Å². The molecule has 1 aromatic carbocycles. The molecule has 2 aromatic rings. The van der Waals surface area contributed by atoms with E-state index in [1.807, 2.05) is 18.2 Å². The smallest absolute Gasteiger partial charge is 0.123 e. The molecule has 2 rings (SSSR count). The second kappa shape index (κ2) is 6.23. The summed E-state index contributed by atoms with van der Waals surface area (Å²) in [6.07, 6.45) is 3.78. The molecule has 0 saturated carbocycles. The fourth-order valence-electron chi connectivity index (χ4n) is 1.96. The van der Waals surface area contributed by atoms with Crippen molar-refractivity contribution >= 4 is 5.82 Å². The van der Waals surface area contributed by atoms with Crippen LogP contribution < -0.4 is 10.5 Å². The van der Waals surface area contributed by atoms with E-state index < -0.39 is 0 Å². The summed E-state index contributed by atoms with van der Waals surface area (Å²) in [5, 5.41) is 0. The Labute approximate surface area is 114 Å². The number of rotatable bonds is 5. The zero-order valence-electron chi connectivity index (χ0n) is 11.5. The molecule has 0 radical (unpaired) electrons. The van der Waals surface area contributed by atoms with E-state index in [0.717, 1.165) is 36.3 Å². The first-order valence-electron chi connectivity index (χ1n) is 6.72. The summed E-state index contributed by atoms with van der Waals surface area (Å²) in [5.41, 5.74) is 9.05. The van der Waals surface area contributed by atoms with Crippen LogP contribution in [0.25, 0.3) is 11.1 Å². The minimum Gasteiger partial charge on any atom is -0.493 e. The number of hydrogen-bond donors (Lipinski definition) is 1. The summed E-state index contributed by atoms with van der Waals surface area (Å²) in [7, 11) is 0. The zero-order valence-corrected chi connectivity index (χ0v) is 11.5. The van der Waals surface area contributed by atoms with E-state index in [2.05, 4.69) is 31.0 Å². The molecule has 0 amide bonds. The third-order valence-electron chi connectivity index (χ3n) is 3.02. The number of hydrogen-bond acceptors (Lipinski definition) is 3. The number of nitrogens with zero attached hydrogens (tertiary/aromatic N) is 1. The fraction of sp³-hybridized carbons (Fsp3) is 0.312. The molecular formula is C16H20N2O. The summed E-state index contributed by atoms with van der Waals surface area (Å²) in [4.78, 5) is 4.13. The lowest BCUT2D eigenvalue weighted by atomic mass is 10.0. The van der Waals surface area contributed by atoms with E-state index >= 15 is 0 Å². The largest absolute Gasteiger partial charge is 0.493 e. The molecule has 0 bridgehead atoms. The average Bonchev–Trinajstić information content (AvgIpc) is 2.46. The van der Waals surface area contributed by atoms with Crippen molar-refractivity contribution in [2.24, 2.45) is 0 Å². The van der Waals surface area contributed by atoms with E-state index in [4.69, 9.17) is 10.5 Å². The Morgan fingerprint density at radius 2 is 1.89 bits per heavy atom. The first kappa shape index (κ1) is 13.4. The molecule has 1 heterocycles. The Bertz CT molecular complexity index is 535. The van der Waals surface area contributed by atoms with Crippen molar-refractivity contribution in [3.05, 3.63) is 42.1 Å². The highest BCUT2D eigenvalue weighted by molar-refractivity contribution is 5.65. The maximum atomic E-state index is 5.75. The average molecular weight is 256 g/mol. The van der Waals surface area contributed by atoms with Gasteiger partial charge >= 0.3 is 0 Å². The third-order valence-corrected chi connectivity index (χ3v) is 3.02. The number of benzene rings is 1. The predicted molar refractivity (Wildman–Crippen MR) is 79.2 cm³/mol. The van der Waals surface area contributed by atoms with Crippen LogP contribution in [-0.4, -0.2) is 11.6 Å². The Hall–Kier alpha value is -2.03. The molecule has 3 heteroatoms. The Balaban J connectivity index is 2.30. The number of nitrogen functional groups attached to an aromatic ring is 1. The van der Waals surface area contributed by atoms with Gasteiger partial charge in [0.15, 0.2) is 0 Å². The number of aromatic nitrogens is 1. The molecule has 0 spiro atoms. The van der Waals surface area contributed by atoms with E-state index in [1.165, 1.54) is 5.56 Å². The van der Waals surface area contributed by atoms with E-state index in [9.17, 15) is 0 Å². The Morgan fingerprint density at radius 1 is 1.11 bits per heavy atom. The van der Waals surface area contributed by atoms with Crippen LogP contribution in [0.15, 0.2) is 36.5 Å². The number of pyridine rings is 1. The van der Waals surface area contributed by atoms with Gasteiger partial charge < -0.3 is 10.5 Å². The van der Waals surface area contributed by atoms with Crippen molar-refractivity contribution in [3.63, 3.8) is 0 Å². The van der Waals surface area contributed by atoms with Gasteiger partial charge in [0, 0.05) is 11.8 Å². The highest BCUT2D eigenvalue weighted by Crippen LogP contribution is 2.27. The molecule has 0 aliphatic heterocycles. The lowest BCUT2D eigenvalue weighted by Gasteiger charge is -2.11. The normalized spacial score (nSPS) is 10.4. The first-order valence-corrected chi connectivity index (χ1v) is 6.72. The Morgan fingerprint density at radius 3 is 2.53 bits per heavy atom. The molecule has 0 atom stereocenters. The topological polar surface area (TPSA) is 48.1 Å². The van der Waals surface area contributed by atoms with Crippen LogP contribution in [0, 0.1) is 0 Å². The standard InChI is InChI=1S/C16H20N2O/c1-3-9-19-15-7-5-13(10-12(15)4-2)14-6-8-16(17)18-11-14/h5-8,10-11H,3-4,9H2,1-2H3,(H2,17,18). The number of ether oxygens (including phenoxy) is 1. The van der Waals surface area contributed by atoms with Gasteiger partial charge in [-0.25, -0.2) is 4.98 Å². The monoisotopic (exact) mass is 256 g/mol. The lowest BCUT2D eigenvalue weighted by Crippen LogP contribution is -1.98. The van der Waals surface area contributed by atoms with Crippen LogP contribution in [-0.2, 0) is 6.42 Å². The molecule has 100 valence electrons. The van der Waals surface area contributed by atoms with Gasteiger partial charge in [-0.05, 0) is 48.2 Å². The molecule has 19 heavy (non-hydrogen) atoms. The molecule has 0 aliphatic carbocycles. The van der Waals surface area contributed by atoms with Gasteiger partial charge in [0.05, 0.1) is 6.61 Å². The van der Waals surface area contributed by atoms with Crippen LogP contribution in [0.5, 0.6) is 5.75 Å². The van der Waals surface area contributed by atoms with Gasteiger partial charge in [-0.3, -0.25) is 0 Å². The van der Waals surface area contributed by atoms with Crippen molar-refractivity contribution in [2.75, 3.05) is 12.3 Å². The van der Waals surface area contributed by atoms with Crippen LogP contribution in [0.2, 0.25) is 0 Å². The maximum Gasteiger partial charge on any atom is 0.123 e. The van der Waals surface area contributed by atoms with Crippen molar-refractivity contribution in [2.45, 2.75) is 26.7 Å². The molecule has 0 aliphatic rings. The molecule has 3 nitrogen and oxygen atoms in total. The molecule has 0 unspecified atom stereocenters. The molecule has 1 aromatic heterocycles. The first-order chi connectivity index (χ1) is 9.24. The molecule has 0 fully saturated rings. The van der Waals surface area contributed by atoms with Crippen LogP contribution in [0.4, 0.5) is 5.82 Å². The molecule has 0 saturated heterocycles. The fourth-order valence-corrected chi connectivity index (χ4v) is 1.96. The predicted octanol–water partition coefficient (Wildman–Crippen LogP) is 3.68. The highest BCUT2D eigenvalue weighted by Gasteiger charge is 2.05. The second-order valence-electron chi connectivity index (χ2n) is 4.50. The quantitative estimate of drug-likeness (QED) is 0.887. The van der Waals surface area contributed by atoms with Gasteiger partial charge in [0.25, 0.3) is 0 Å². The maximum absolute atomic E-state index is 5.75. The van der Waals surface area contributed by atoms with Crippen molar-refractivity contribution in [1.29, 1.82) is 0 Å². The van der Waals surface area contributed by atoms with E-state index in [-0.39, 0.29) is 0 Å². The van der Waals surface area contributed by atoms with E-state index in [0.29, 0.717) is 5.82 Å². The molecule has 2 N–H and O–H groups in total. The summed E-state index contributed by atoms with van der Waals surface area (Å²) < 4.78 is 5.75. The van der Waals surface area contributed by atoms with E-state index in [1.54, 1.807) is 6.20 Å². The van der Waals surface area contributed by atoms with Gasteiger partial charge in [0.1, 0.15) is 11.6 Å². The number of aryl methyl sites for hydroxylation is 1. The SMILES string of the molecule is CCCOc1ccc(-c2ccc(N)nc2)cc1CC. The summed E-state index contributed by atoms with van der Waals surface area (Å²) in [5.74, 6) is 1.53. The zero-order chi connectivity index (χ0) is 13.7. The van der Waals surface area contributed by atoms with Crippen molar-refractivity contribution in [3.8, 4) is 16.9 Å². The van der Waals surface area contributed by atoms with Crippen molar-refractivity contribution < 1.29 is 4.74 Å². The van der Waals surface area contributed by atoms with Crippen LogP contribution >= 0.6 is 0 Å². The van der Waals surface area contributed by atoms with Gasteiger partial charge in [-0.15, -0.1) is 0 Å². The van der Waals surface area contributed by atoms with Gasteiger partial charge in [-0.1, -0.05) is 19.9 Å². The Kier molecular flexibility index (Phi) is 4.39. The molecular weight excluding hydrogens is 236 g/mol. The second-order valence-corrected chi connectivity index (χ2v) is 4.50. The minimum absolute atomic E-state index is 0.544. The summed E-state index contributed by atoms with van der Waals surface area (Å²) >= 11 is 0. The lowest BCUT2D eigenvalue weighted by molar-refractivity contribution is 0.314. The number of anilines is 1. The van der Waals surface area contributed by atoms with Gasteiger partial charge in [-0.2, -0.15) is 0 Å². The van der Waals surface area contributed by atoms with Crippen molar-refractivity contribution in [1.82, 2.24) is 4.98 Å². The van der Waals surface area contributed by atoms with Crippen LogP contribution in [0.1, 0.15) is 25.8 Å². The number of nitrogens with two attached hydrogens (primary N) is 1.